The molecule has 0 aliphatic carbocycles. The van der Waals surface area contributed by atoms with Gasteiger partial charge in [-0.15, -0.1) is 0 Å². The molecule has 0 saturated carbocycles. The average Bonchev–Trinajstić information content (AvgIpc) is 2.42. The first kappa shape index (κ1) is 15.1. The first-order chi connectivity index (χ1) is 9.58. The van der Waals surface area contributed by atoms with Crippen LogP contribution in [0, 0.1) is 6.92 Å². The zero-order valence-corrected chi connectivity index (χ0v) is 13.4. The fourth-order valence-corrected chi connectivity index (χ4v) is 2.48. The van der Waals surface area contributed by atoms with Crippen molar-refractivity contribution in [3.8, 4) is 0 Å². The molecule has 0 spiro atoms. The van der Waals surface area contributed by atoms with E-state index in [0.717, 1.165) is 15.6 Å². The number of carbonyl (C=O) groups excluding carboxylic acids is 1. The fourth-order valence-electron chi connectivity index (χ4n) is 1.84. The van der Waals surface area contributed by atoms with Crippen molar-refractivity contribution in [2.75, 3.05) is 6.61 Å². The highest BCUT2D eigenvalue weighted by Crippen LogP contribution is 2.21. The van der Waals surface area contributed by atoms with E-state index in [1.54, 1.807) is 6.07 Å². The number of esters is 1. The number of aryl methyl sites for hydroxylation is 1. The highest BCUT2D eigenvalue weighted by atomic mass is 79.9. The Bertz CT molecular complexity index is 626. The largest absolute Gasteiger partial charge is 0.462 e. The predicted octanol–water partition coefficient (Wildman–Crippen LogP) is 4.81. The molecule has 0 aliphatic heterocycles. The third-order valence-electron chi connectivity index (χ3n) is 2.92. The van der Waals surface area contributed by atoms with E-state index in [4.69, 9.17) is 16.3 Å². The Hall–Kier alpha value is -1.32. The normalized spacial score (nSPS) is 10.3. The molecule has 0 heterocycles. The van der Waals surface area contributed by atoms with E-state index >= 15 is 0 Å². The van der Waals surface area contributed by atoms with Gasteiger partial charge in [0, 0.05) is 15.9 Å². The van der Waals surface area contributed by atoms with Gasteiger partial charge in [0.1, 0.15) is 0 Å². The molecule has 2 rings (SSSR count). The molecule has 0 aliphatic rings. The summed E-state index contributed by atoms with van der Waals surface area (Å²) in [6.45, 7) is 2.27. The maximum Gasteiger partial charge on any atom is 0.339 e. The van der Waals surface area contributed by atoms with Gasteiger partial charge in [0.25, 0.3) is 0 Å². The van der Waals surface area contributed by atoms with Crippen LogP contribution in [0.5, 0.6) is 0 Å². The third-order valence-corrected chi connectivity index (χ3v) is 4.21. The molecule has 0 amide bonds. The monoisotopic (exact) mass is 352 g/mol. The molecular weight excluding hydrogens is 340 g/mol. The molecule has 0 atom stereocenters. The minimum absolute atomic E-state index is 0.317. The summed E-state index contributed by atoms with van der Waals surface area (Å²) < 4.78 is 6.08. The molecule has 0 aromatic heterocycles. The van der Waals surface area contributed by atoms with Gasteiger partial charge in [-0.2, -0.15) is 0 Å². The van der Waals surface area contributed by atoms with E-state index in [9.17, 15) is 4.79 Å². The summed E-state index contributed by atoms with van der Waals surface area (Å²) >= 11 is 9.32. The molecule has 2 nitrogen and oxygen atoms in total. The van der Waals surface area contributed by atoms with E-state index < -0.39 is 0 Å². The lowest BCUT2D eigenvalue weighted by molar-refractivity contribution is 0.0508. The molecular formula is C16H14BrClO2. The van der Waals surface area contributed by atoms with E-state index in [1.807, 2.05) is 43.3 Å². The first-order valence-electron chi connectivity index (χ1n) is 6.24. The van der Waals surface area contributed by atoms with Gasteiger partial charge in [0.05, 0.1) is 12.2 Å². The van der Waals surface area contributed by atoms with Crippen molar-refractivity contribution in [3.05, 3.63) is 68.7 Å². The number of carbonyl (C=O) groups is 1. The first-order valence-corrected chi connectivity index (χ1v) is 7.41. The molecule has 0 saturated heterocycles. The van der Waals surface area contributed by atoms with Crippen LogP contribution < -0.4 is 0 Å². The fraction of sp³-hybridized carbons (Fsp3) is 0.188. The van der Waals surface area contributed by atoms with Gasteiger partial charge in [-0.05, 0) is 52.2 Å². The van der Waals surface area contributed by atoms with Gasteiger partial charge in [0.2, 0.25) is 0 Å². The van der Waals surface area contributed by atoms with E-state index in [0.29, 0.717) is 23.6 Å². The molecule has 104 valence electrons. The van der Waals surface area contributed by atoms with Crippen LogP contribution in [0.25, 0.3) is 0 Å². The number of ether oxygens (including phenoxy) is 1. The summed E-state index contributed by atoms with van der Waals surface area (Å²) in [7, 11) is 0. The summed E-state index contributed by atoms with van der Waals surface area (Å²) in [6, 6.07) is 13.1. The van der Waals surface area contributed by atoms with E-state index in [-0.39, 0.29) is 5.97 Å². The molecule has 20 heavy (non-hydrogen) atoms. The maximum absolute atomic E-state index is 12.0. The van der Waals surface area contributed by atoms with Crippen LogP contribution in [0.15, 0.2) is 46.9 Å². The summed E-state index contributed by atoms with van der Waals surface area (Å²) in [5.74, 6) is -0.317. The number of rotatable bonds is 4. The Morgan fingerprint density at radius 1 is 1.25 bits per heavy atom. The van der Waals surface area contributed by atoms with E-state index in [2.05, 4.69) is 15.9 Å². The molecule has 0 unspecified atom stereocenters. The smallest absolute Gasteiger partial charge is 0.339 e. The van der Waals surface area contributed by atoms with Gasteiger partial charge in [-0.3, -0.25) is 0 Å². The van der Waals surface area contributed by atoms with Crippen molar-refractivity contribution in [3.63, 3.8) is 0 Å². The lowest BCUT2D eigenvalue weighted by Gasteiger charge is -2.08. The predicted molar refractivity (Wildman–Crippen MR) is 84.3 cm³/mol. The van der Waals surface area contributed by atoms with Crippen LogP contribution in [0.1, 0.15) is 21.5 Å². The molecule has 4 heteroatoms. The van der Waals surface area contributed by atoms with Crippen molar-refractivity contribution < 1.29 is 9.53 Å². The second kappa shape index (κ2) is 6.91. The summed E-state index contributed by atoms with van der Waals surface area (Å²) in [5.41, 5.74) is 2.61. The maximum atomic E-state index is 12.0. The van der Waals surface area contributed by atoms with Gasteiger partial charge < -0.3 is 4.74 Å². The molecule has 2 aromatic carbocycles. The average molecular weight is 354 g/mol. The quantitative estimate of drug-likeness (QED) is 0.737. The molecule has 0 N–H and O–H groups in total. The van der Waals surface area contributed by atoms with Gasteiger partial charge >= 0.3 is 5.97 Å². The van der Waals surface area contributed by atoms with Gasteiger partial charge in [-0.1, -0.05) is 35.9 Å². The minimum atomic E-state index is -0.317. The number of halogens is 2. The Balaban J connectivity index is 1.94. The lowest BCUT2D eigenvalue weighted by atomic mass is 10.1. The standard InChI is InChI=1S/C16H14BrClO2/c1-11-4-2-7-14(15(11)17)16(19)20-9-8-12-5-3-6-13(18)10-12/h2-7,10H,8-9H2,1H3. The number of hydrogen-bond acceptors (Lipinski definition) is 2. The Morgan fingerprint density at radius 2 is 2.00 bits per heavy atom. The molecule has 0 bridgehead atoms. The number of hydrogen-bond donors (Lipinski definition) is 0. The Kier molecular flexibility index (Phi) is 5.21. The van der Waals surface area contributed by atoms with Crippen LogP contribution in [-0.2, 0) is 11.2 Å². The lowest BCUT2D eigenvalue weighted by Crippen LogP contribution is -2.09. The van der Waals surface area contributed by atoms with Crippen LogP contribution in [-0.4, -0.2) is 12.6 Å². The highest BCUT2D eigenvalue weighted by Gasteiger charge is 2.12. The second-order valence-electron chi connectivity index (χ2n) is 4.45. The third kappa shape index (κ3) is 3.84. The molecule has 0 radical (unpaired) electrons. The van der Waals surface area contributed by atoms with E-state index in [1.165, 1.54) is 0 Å². The second-order valence-corrected chi connectivity index (χ2v) is 5.68. The zero-order valence-electron chi connectivity index (χ0n) is 11.0. The minimum Gasteiger partial charge on any atom is -0.462 e. The Morgan fingerprint density at radius 3 is 2.75 bits per heavy atom. The van der Waals surface area contributed by atoms with Crippen LogP contribution in [0.3, 0.4) is 0 Å². The van der Waals surface area contributed by atoms with Crippen molar-refractivity contribution in [2.24, 2.45) is 0 Å². The van der Waals surface area contributed by atoms with Gasteiger partial charge in [0.15, 0.2) is 0 Å². The highest BCUT2D eigenvalue weighted by molar-refractivity contribution is 9.10. The topological polar surface area (TPSA) is 26.3 Å². The van der Waals surface area contributed by atoms with Gasteiger partial charge in [-0.25, -0.2) is 4.79 Å². The summed E-state index contributed by atoms with van der Waals surface area (Å²) in [4.78, 5) is 12.0. The van der Waals surface area contributed by atoms with Crippen molar-refractivity contribution in [2.45, 2.75) is 13.3 Å². The van der Waals surface area contributed by atoms with Crippen molar-refractivity contribution in [1.82, 2.24) is 0 Å². The summed E-state index contributed by atoms with van der Waals surface area (Å²) in [5, 5.41) is 0.690. The molecule has 2 aromatic rings. The van der Waals surface area contributed by atoms with Crippen LogP contribution >= 0.6 is 27.5 Å². The summed E-state index contributed by atoms with van der Waals surface area (Å²) in [6.07, 6.45) is 0.649. The van der Waals surface area contributed by atoms with Crippen LogP contribution in [0.2, 0.25) is 5.02 Å². The molecule has 0 fully saturated rings. The zero-order chi connectivity index (χ0) is 14.5. The van der Waals surface area contributed by atoms with Crippen molar-refractivity contribution in [1.29, 1.82) is 0 Å². The SMILES string of the molecule is Cc1cccc(C(=O)OCCc2cccc(Cl)c2)c1Br. The Labute approximate surface area is 131 Å². The van der Waals surface area contributed by atoms with Crippen LogP contribution in [0.4, 0.5) is 0 Å². The number of benzene rings is 2. The van der Waals surface area contributed by atoms with Crippen molar-refractivity contribution >= 4 is 33.5 Å².